The van der Waals surface area contributed by atoms with Crippen molar-refractivity contribution >= 4 is 0 Å². The third-order valence-electron chi connectivity index (χ3n) is 3.56. The van der Waals surface area contributed by atoms with Gasteiger partial charge in [0.1, 0.15) is 12.2 Å². The molecule has 1 aliphatic heterocycles. The van der Waals surface area contributed by atoms with Crippen LogP contribution in [0.1, 0.15) is 32.5 Å². The van der Waals surface area contributed by atoms with Crippen LogP contribution < -0.4 is 5.32 Å². The van der Waals surface area contributed by atoms with E-state index in [1.54, 1.807) is 6.33 Å². The van der Waals surface area contributed by atoms with Gasteiger partial charge in [-0.3, -0.25) is 4.90 Å². The van der Waals surface area contributed by atoms with Gasteiger partial charge in [-0.2, -0.15) is 5.10 Å². The first-order valence-corrected chi connectivity index (χ1v) is 6.94. The van der Waals surface area contributed by atoms with E-state index in [4.69, 9.17) is 0 Å². The van der Waals surface area contributed by atoms with Crippen LogP contribution in [0.3, 0.4) is 0 Å². The lowest BCUT2D eigenvalue weighted by Crippen LogP contribution is -2.41. The molecule has 0 radical (unpaired) electrons. The lowest BCUT2D eigenvalue weighted by atomic mass is 10.1. The van der Waals surface area contributed by atoms with E-state index in [2.05, 4.69) is 41.2 Å². The molecule has 18 heavy (non-hydrogen) atoms. The molecular formula is C13H25N5. The van der Waals surface area contributed by atoms with Gasteiger partial charge in [-0.25, -0.2) is 9.67 Å². The molecule has 0 atom stereocenters. The zero-order valence-corrected chi connectivity index (χ0v) is 11.8. The summed E-state index contributed by atoms with van der Waals surface area (Å²) in [6.07, 6.45) is 4.14. The minimum Gasteiger partial charge on any atom is -0.317 e. The van der Waals surface area contributed by atoms with Gasteiger partial charge in [0.25, 0.3) is 0 Å². The molecule has 0 amide bonds. The third-order valence-corrected chi connectivity index (χ3v) is 3.56. The smallest absolute Gasteiger partial charge is 0.141 e. The van der Waals surface area contributed by atoms with Gasteiger partial charge >= 0.3 is 0 Å². The molecular weight excluding hydrogens is 226 g/mol. The Labute approximate surface area is 110 Å². The molecule has 0 bridgehead atoms. The van der Waals surface area contributed by atoms with Gasteiger partial charge in [-0.05, 0) is 38.9 Å². The van der Waals surface area contributed by atoms with Crippen molar-refractivity contribution in [2.75, 3.05) is 20.1 Å². The first-order valence-electron chi connectivity index (χ1n) is 6.94. The Morgan fingerprint density at radius 2 is 2.17 bits per heavy atom. The van der Waals surface area contributed by atoms with Crippen molar-refractivity contribution < 1.29 is 0 Å². The Hall–Kier alpha value is -0.940. The van der Waals surface area contributed by atoms with Gasteiger partial charge in [0.15, 0.2) is 0 Å². The van der Waals surface area contributed by atoms with Crippen molar-refractivity contribution in [1.82, 2.24) is 25.0 Å². The minimum atomic E-state index is 0.606. The average Bonchev–Trinajstić information content (AvgIpc) is 2.77. The van der Waals surface area contributed by atoms with Gasteiger partial charge in [0.05, 0.1) is 6.54 Å². The fourth-order valence-corrected chi connectivity index (χ4v) is 2.51. The number of aromatic nitrogens is 3. The van der Waals surface area contributed by atoms with Gasteiger partial charge in [0, 0.05) is 12.6 Å². The maximum Gasteiger partial charge on any atom is 0.141 e. The molecule has 1 saturated heterocycles. The van der Waals surface area contributed by atoms with Crippen LogP contribution in [-0.2, 0) is 13.1 Å². The lowest BCUT2D eigenvalue weighted by molar-refractivity contribution is 0.184. The summed E-state index contributed by atoms with van der Waals surface area (Å²) in [5, 5.41) is 7.73. The SMILES string of the molecule is CC(C)Cn1ncnc1CN(C)C1CCNCC1. The van der Waals surface area contributed by atoms with E-state index in [0.29, 0.717) is 12.0 Å². The Bertz CT molecular complexity index is 354. The summed E-state index contributed by atoms with van der Waals surface area (Å²) in [6.45, 7) is 8.54. The topological polar surface area (TPSA) is 46.0 Å². The summed E-state index contributed by atoms with van der Waals surface area (Å²) in [6, 6.07) is 0.676. The number of hydrogen-bond acceptors (Lipinski definition) is 4. The van der Waals surface area contributed by atoms with E-state index in [1.165, 1.54) is 12.8 Å². The molecule has 1 fully saturated rings. The molecule has 0 aliphatic carbocycles. The van der Waals surface area contributed by atoms with Gasteiger partial charge in [-0.1, -0.05) is 13.8 Å². The van der Waals surface area contributed by atoms with E-state index < -0.39 is 0 Å². The number of rotatable bonds is 5. The van der Waals surface area contributed by atoms with E-state index >= 15 is 0 Å². The molecule has 2 rings (SSSR count). The zero-order valence-electron chi connectivity index (χ0n) is 11.8. The molecule has 0 aromatic carbocycles. The minimum absolute atomic E-state index is 0.606. The molecule has 0 unspecified atom stereocenters. The van der Waals surface area contributed by atoms with Crippen molar-refractivity contribution in [1.29, 1.82) is 0 Å². The molecule has 0 saturated carbocycles. The van der Waals surface area contributed by atoms with E-state index in [1.807, 2.05) is 4.68 Å². The van der Waals surface area contributed by atoms with E-state index in [0.717, 1.165) is 32.0 Å². The second-order valence-electron chi connectivity index (χ2n) is 5.65. The predicted molar refractivity (Wildman–Crippen MR) is 72.2 cm³/mol. The van der Waals surface area contributed by atoms with Crippen molar-refractivity contribution in [2.24, 2.45) is 5.92 Å². The van der Waals surface area contributed by atoms with Crippen molar-refractivity contribution in [3.8, 4) is 0 Å². The summed E-state index contributed by atoms with van der Waals surface area (Å²) in [5.41, 5.74) is 0. The largest absolute Gasteiger partial charge is 0.317 e. The van der Waals surface area contributed by atoms with Crippen molar-refractivity contribution in [3.63, 3.8) is 0 Å². The van der Waals surface area contributed by atoms with Crippen LogP contribution >= 0.6 is 0 Å². The molecule has 5 heteroatoms. The highest BCUT2D eigenvalue weighted by atomic mass is 15.3. The first kappa shape index (κ1) is 13.5. The number of nitrogens with zero attached hydrogens (tertiary/aromatic N) is 4. The second-order valence-corrected chi connectivity index (χ2v) is 5.65. The van der Waals surface area contributed by atoms with E-state index in [9.17, 15) is 0 Å². The Morgan fingerprint density at radius 1 is 1.44 bits per heavy atom. The van der Waals surface area contributed by atoms with Crippen LogP contribution in [0, 0.1) is 5.92 Å². The maximum atomic E-state index is 4.40. The predicted octanol–water partition coefficient (Wildman–Crippen LogP) is 1.12. The summed E-state index contributed by atoms with van der Waals surface area (Å²) in [5.74, 6) is 1.69. The zero-order chi connectivity index (χ0) is 13.0. The normalized spacial score (nSPS) is 17.8. The molecule has 0 spiro atoms. The van der Waals surface area contributed by atoms with Crippen LogP contribution in [0.4, 0.5) is 0 Å². The molecule has 102 valence electrons. The fraction of sp³-hybridized carbons (Fsp3) is 0.846. The number of nitrogens with one attached hydrogen (secondary N) is 1. The van der Waals surface area contributed by atoms with Crippen LogP contribution in [0.15, 0.2) is 6.33 Å². The summed E-state index contributed by atoms with van der Waals surface area (Å²) >= 11 is 0. The maximum absolute atomic E-state index is 4.40. The third kappa shape index (κ3) is 3.53. The Balaban J connectivity index is 1.93. The molecule has 1 N–H and O–H groups in total. The monoisotopic (exact) mass is 251 g/mol. The Morgan fingerprint density at radius 3 is 2.83 bits per heavy atom. The second kappa shape index (κ2) is 6.29. The van der Waals surface area contributed by atoms with Gasteiger partial charge < -0.3 is 5.32 Å². The quantitative estimate of drug-likeness (QED) is 0.852. The highest BCUT2D eigenvalue weighted by Crippen LogP contribution is 2.13. The van der Waals surface area contributed by atoms with Gasteiger partial charge in [-0.15, -0.1) is 0 Å². The summed E-state index contributed by atoms with van der Waals surface area (Å²) in [4.78, 5) is 6.82. The standard InChI is InChI=1S/C13H25N5/c1-11(2)8-18-13(15-10-16-18)9-17(3)12-4-6-14-7-5-12/h10-12,14H,4-9H2,1-3H3. The molecule has 1 aromatic rings. The average molecular weight is 251 g/mol. The fourth-order valence-electron chi connectivity index (χ4n) is 2.51. The molecule has 2 heterocycles. The Kier molecular flexibility index (Phi) is 4.72. The summed E-state index contributed by atoms with van der Waals surface area (Å²) in [7, 11) is 2.20. The van der Waals surface area contributed by atoms with Crippen LogP contribution in [-0.4, -0.2) is 45.8 Å². The van der Waals surface area contributed by atoms with Gasteiger partial charge in [0.2, 0.25) is 0 Å². The van der Waals surface area contributed by atoms with Crippen LogP contribution in [0.5, 0.6) is 0 Å². The van der Waals surface area contributed by atoms with Crippen molar-refractivity contribution in [2.45, 2.75) is 45.8 Å². The lowest BCUT2D eigenvalue weighted by Gasteiger charge is -2.31. The highest BCUT2D eigenvalue weighted by molar-refractivity contribution is 4.87. The van der Waals surface area contributed by atoms with Crippen molar-refractivity contribution in [3.05, 3.63) is 12.2 Å². The van der Waals surface area contributed by atoms with E-state index in [-0.39, 0.29) is 0 Å². The first-order chi connectivity index (χ1) is 8.66. The van der Waals surface area contributed by atoms with Crippen LogP contribution in [0.25, 0.3) is 0 Å². The summed E-state index contributed by atoms with van der Waals surface area (Å²) < 4.78 is 2.04. The van der Waals surface area contributed by atoms with Crippen LogP contribution in [0.2, 0.25) is 0 Å². The highest BCUT2D eigenvalue weighted by Gasteiger charge is 2.19. The molecule has 5 nitrogen and oxygen atoms in total. The molecule has 1 aliphatic rings. The number of piperidine rings is 1. The molecule has 1 aromatic heterocycles. The number of hydrogen-bond donors (Lipinski definition) is 1.